The summed E-state index contributed by atoms with van der Waals surface area (Å²) in [6.07, 6.45) is 0. The molecule has 0 fully saturated rings. The molecule has 0 bridgehead atoms. The van der Waals surface area contributed by atoms with E-state index in [1.807, 2.05) is 30.3 Å². The van der Waals surface area contributed by atoms with Crippen molar-refractivity contribution >= 4 is 11.0 Å². The van der Waals surface area contributed by atoms with Crippen LogP contribution < -0.4 is 29.1 Å². The van der Waals surface area contributed by atoms with Crippen molar-refractivity contribution in [3.8, 4) is 39.9 Å². The van der Waals surface area contributed by atoms with Crippen molar-refractivity contribution in [1.29, 1.82) is 0 Å². The van der Waals surface area contributed by atoms with E-state index >= 15 is 0 Å². The summed E-state index contributed by atoms with van der Waals surface area (Å²) in [5.41, 5.74) is 3.60. The standard InChI is InChI=1S/C28H25NO7/c1-16-26(18-5-8-22(31-2)24(11-18)32-3)27(30)19-6-9-21-20(28(19)36-16)13-29(14-33-21)12-17-4-7-23-25(10-17)35-15-34-23/h4-11H,12-15H2,1-3H3. The summed E-state index contributed by atoms with van der Waals surface area (Å²) < 4.78 is 34.0. The highest BCUT2D eigenvalue weighted by molar-refractivity contribution is 5.87. The second-order valence-electron chi connectivity index (χ2n) is 8.80. The molecular formula is C28H25NO7. The fourth-order valence-corrected chi connectivity index (χ4v) is 4.84. The van der Waals surface area contributed by atoms with Crippen molar-refractivity contribution in [2.24, 2.45) is 0 Å². The van der Waals surface area contributed by atoms with Gasteiger partial charge in [-0.05, 0) is 54.4 Å². The van der Waals surface area contributed by atoms with Crippen molar-refractivity contribution in [3.05, 3.63) is 75.6 Å². The van der Waals surface area contributed by atoms with Gasteiger partial charge in [-0.2, -0.15) is 0 Å². The first-order valence-corrected chi connectivity index (χ1v) is 11.6. The van der Waals surface area contributed by atoms with Crippen LogP contribution in [0.4, 0.5) is 0 Å². The number of benzene rings is 3. The lowest BCUT2D eigenvalue weighted by Crippen LogP contribution is -2.31. The van der Waals surface area contributed by atoms with Crippen LogP contribution >= 0.6 is 0 Å². The lowest BCUT2D eigenvalue weighted by Gasteiger charge is -2.29. The van der Waals surface area contributed by atoms with Gasteiger partial charge in [-0.15, -0.1) is 0 Å². The number of aryl methyl sites for hydroxylation is 1. The van der Waals surface area contributed by atoms with E-state index in [0.717, 1.165) is 28.4 Å². The van der Waals surface area contributed by atoms with Crippen molar-refractivity contribution < 1.29 is 28.1 Å². The Balaban J connectivity index is 1.36. The molecule has 3 heterocycles. The van der Waals surface area contributed by atoms with E-state index in [-0.39, 0.29) is 12.2 Å². The van der Waals surface area contributed by atoms with Crippen LogP contribution in [0.2, 0.25) is 0 Å². The van der Waals surface area contributed by atoms with Crippen molar-refractivity contribution in [3.63, 3.8) is 0 Å². The molecule has 0 unspecified atom stereocenters. The molecule has 2 aliphatic heterocycles. The highest BCUT2D eigenvalue weighted by Crippen LogP contribution is 2.37. The third-order valence-electron chi connectivity index (χ3n) is 6.60. The third-order valence-corrected chi connectivity index (χ3v) is 6.60. The molecule has 2 aliphatic rings. The summed E-state index contributed by atoms with van der Waals surface area (Å²) in [5.74, 6) is 3.91. The van der Waals surface area contributed by atoms with Gasteiger partial charge in [-0.25, -0.2) is 0 Å². The quantitative estimate of drug-likeness (QED) is 0.395. The predicted octanol–water partition coefficient (Wildman–Crippen LogP) is 4.87. The molecule has 8 nitrogen and oxygen atoms in total. The Morgan fingerprint density at radius 2 is 1.69 bits per heavy atom. The summed E-state index contributed by atoms with van der Waals surface area (Å²) in [4.78, 5) is 15.8. The van der Waals surface area contributed by atoms with E-state index in [2.05, 4.69) is 4.90 Å². The fourth-order valence-electron chi connectivity index (χ4n) is 4.84. The summed E-state index contributed by atoms with van der Waals surface area (Å²) in [7, 11) is 3.15. The normalized spacial score (nSPS) is 14.4. The second-order valence-corrected chi connectivity index (χ2v) is 8.80. The highest BCUT2D eigenvalue weighted by Gasteiger charge is 2.25. The molecule has 36 heavy (non-hydrogen) atoms. The first-order valence-electron chi connectivity index (χ1n) is 11.6. The molecule has 0 atom stereocenters. The van der Waals surface area contributed by atoms with Crippen LogP contribution in [0.15, 0.2) is 57.7 Å². The Kier molecular flexibility index (Phi) is 5.45. The topological polar surface area (TPSA) is 79.6 Å². The van der Waals surface area contributed by atoms with Crippen LogP contribution in [0.5, 0.6) is 28.7 Å². The minimum Gasteiger partial charge on any atom is -0.493 e. The Labute approximate surface area is 207 Å². The zero-order valence-corrected chi connectivity index (χ0v) is 20.3. The van der Waals surface area contributed by atoms with E-state index in [9.17, 15) is 4.79 Å². The maximum absolute atomic E-state index is 13.7. The molecule has 4 aromatic rings. The van der Waals surface area contributed by atoms with Crippen LogP contribution in [0.1, 0.15) is 16.9 Å². The number of nitrogens with zero attached hydrogens (tertiary/aromatic N) is 1. The van der Waals surface area contributed by atoms with Gasteiger partial charge in [0.05, 0.1) is 30.7 Å². The molecule has 8 heteroatoms. The van der Waals surface area contributed by atoms with Crippen molar-refractivity contribution in [2.75, 3.05) is 27.7 Å². The van der Waals surface area contributed by atoms with Gasteiger partial charge < -0.3 is 28.1 Å². The molecule has 3 aromatic carbocycles. The molecule has 0 radical (unpaired) electrons. The zero-order valence-electron chi connectivity index (χ0n) is 20.3. The van der Waals surface area contributed by atoms with E-state index in [0.29, 0.717) is 59.2 Å². The Morgan fingerprint density at radius 3 is 2.53 bits per heavy atom. The summed E-state index contributed by atoms with van der Waals surface area (Å²) in [5, 5.41) is 0.512. The Morgan fingerprint density at radius 1 is 0.889 bits per heavy atom. The SMILES string of the molecule is COc1ccc(-c2c(C)oc3c4c(ccc3c2=O)OCN(Cc2ccc3c(c2)OCO3)C4)cc1OC. The lowest BCUT2D eigenvalue weighted by atomic mass is 10.00. The number of methoxy groups -OCH3 is 2. The molecule has 0 saturated heterocycles. The number of ether oxygens (including phenoxy) is 5. The summed E-state index contributed by atoms with van der Waals surface area (Å²) >= 11 is 0. The first-order chi connectivity index (χ1) is 17.6. The molecule has 0 spiro atoms. The molecule has 0 amide bonds. The molecule has 1 aromatic heterocycles. The average Bonchev–Trinajstić information content (AvgIpc) is 3.36. The number of fused-ring (bicyclic) bond motifs is 4. The van der Waals surface area contributed by atoms with Gasteiger partial charge in [0, 0.05) is 13.1 Å². The van der Waals surface area contributed by atoms with Crippen LogP contribution in [0.3, 0.4) is 0 Å². The maximum atomic E-state index is 13.7. The summed E-state index contributed by atoms with van der Waals surface area (Å²) in [6.45, 7) is 3.72. The zero-order chi connectivity index (χ0) is 24.8. The minimum absolute atomic E-state index is 0.100. The van der Waals surface area contributed by atoms with E-state index < -0.39 is 0 Å². The van der Waals surface area contributed by atoms with Gasteiger partial charge in [0.1, 0.15) is 23.8 Å². The average molecular weight is 488 g/mol. The Bertz CT molecular complexity index is 1540. The van der Waals surface area contributed by atoms with Crippen molar-refractivity contribution in [1.82, 2.24) is 4.90 Å². The van der Waals surface area contributed by atoms with Crippen LogP contribution in [-0.4, -0.2) is 32.6 Å². The third kappa shape index (κ3) is 3.70. The van der Waals surface area contributed by atoms with Gasteiger partial charge in [-0.3, -0.25) is 9.69 Å². The van der Waals surface area contributed by atoms with Gasteiger partial charge in [0.25, 0.3) is 0 Å². The molecule has 0 N–H and O–H groups in total. The van der Waals surface area contributed by atoms with Crippen LogP contribution in [0.25, 0.3) is 22.1 Å². The first kappa shape index (κ1) is 22.3. The largest absolute Gasteiger partial charge is 0.493 e. The Hall–Kier alpha value is -4.17. The van der Waals surface area contributed by atoms with Crippen molar-refractivity contribution in [2.45, 2.75) is 20.0 Å². The molecule has 0 saturated carbocycles. The predicted molar refractivity (Wildman–Crippen MR) is 133 cm³/mol. The highest BCUT2D eigenvalue weighted by atomic mass is 16.7. The molecule has 6 rings (SSSR count). The van der Waals surface area contributed by atoms with Gasteiger partial charge >= 0.3 is 0 Å². The molecule has 0 aliphatic carbocycles. The van der Waals surface area contributed by atoms with Gasteiger partial charge in [0.15, 0.2) is 23.0 Å². The van der Waals surface area contributed by atoms with E-state index in [1.54, 1.807) is 39.3 Å². The van der Waals surface area contributed by atoms with E-state index in [4.69, 9.17) is 28.1 Å². The van der Waals surface area contributed by atoms with Crippen LogP contribution in [0, 0.1) is 6.92 Å². The second kappa shape index (κ2) is 8.80. The minimum atomic E-state index is -0.100. The van der Waals surface area contributed by atoms with E-state index in [1.165, 1.54) is 0 Å². The number of rotatable bonds is 5. The molecule has 184 valence electrons. The van der Waals surface area contributed by atoms with Gasteiger partial charge in [0.2, 0.25) is 12.2 Å². The van der Waals surface area contributed by atoms with Crippen LogP contribution in [-0.2, 0) is 13.1 Å². The van der Waals surface area contributed by atoms with Gasteiger partial charge in [-0.1, -0.05) is 12.1 Å². The maximum Gasteiger partial charge on any atom is 0.231 e. The lowest BCUT2D eigenvalue weighted by molar-refractivity contribution is 0.0889. The molecular weight excluding hydrogens is 462 g/mol. The fraction of sp³-hybridized carbons (Fsp3) is 0.250. The smallest absolute Gasteiger partial charge is 0.231 e. The monoisotopic (exact) mass is 487 g/mol. The number of hydrogen-bond donors (Lipinski definition) is 0. The summed E-state index contributed by atoms with van der Waals surface area (Å²) in [6, 6.07) is 15.0. The number of hydrogen-bond acceptors (Lipinski definition) is 8.